The van der Waals surface area contributed by atoms with E-state index in [1.165, 1.54) is 12.8 Å². The van der Waals surface area contributed by atoms with Gasteiger partial charge in [-0.1, -0.05) is 19.0 Å². The van der Waals surface area contributed by atoms with E-state index in [4.69, 9.17) is 9.57 Å². The van der Waals surface area contributed by atoms with Crippen LogP contribution in [-0.4, -0.2) is 26.1 Å². The van der Waals surface area contributed by atoms with Crippen LogP contribution in [0.2, 0.25) is 0 Å². The molecule has 1 aliphatic heterocycles. The fourth-order valence-electron chi connectivity index (χ4n) is 2.01. The topological polar surface area (TPSA) is 43.2 Å². The molecule has 0 saturated heterocycles. The number of rotatable bonds is 4. The predicted octanol–water partition coefficient (Wildman–Crippen LogP) is 2.96. The summed E-state index contributed by atoms with van der Waals surface area (Å²) in [6, 6.07) is 3.97. The van der Waals surface area contributed by atoms with Crippen molar-refractivity contribution in [1.29, 1.82) is 0 Å². The standard InChI is InChI=1S/C14H18N2O2/c1-9(2)12-7-11-13(16-12)5-10(8-15-18-4)6-14(11)17-3/h5-6,8-9H,7H2,1-4H3. The van der Waals surface area contributed by atoms with E-state index in [1.54, 1.807) is 13.3 Å². The lowest BCUT2D eigenvalue weighted by atomic mass is 10.0. The minimum Gasteiger partial charge on any atom is -0.496 e. The first-order valence-electron chi connectivity index (χ1n) is 6.00. The molecule has 0 aliphatic carbocycles. The molecule has 1 heterocycles. The van der Waals surface area contributed by atoms with E-state index in [0.717, 1.165) is 29.0 Å². The average Bonchev–Trinajstić information content (AvgIpc) is 2.79. The molecule has 4 nitrogen and oxygen atoms in total. The van der Waals surface area contributed by atoms with Gasteiger partial charge in [0.2, 0.25) is 0 Å². The molecule has 1 aliphatic rings. The van der Waals surface area contributed by atoms with Crippen molar-refractivity contribution >= 4 is 17.6 Å². The molecule has 1 aromatic carbocycles. The quantitative estimate of drug-likeness (QED) is 0.605. The molecule has 0 unspecified atom stereocenters. The minimum absolute atomic E-state index is 0.457. The number of hydrogen-bond donors (Lipinski definition) is 0. The number of hydrogen-bond acceptors (Lipinski definition) is 4. The fourth-order valence-corrected chi connectivity index (χ4v) is 2.01. The molecule has 0 aromatic heterocycles. The van der Waals surface area contributed by atoms with E-state index in [0.29, 0.717) is 5.92 Å². The Labute approximate surface area is 107 Å². The first-order valence-corrected chi connectivity index (χ1v) is 6.00. The molecule has 1 aromatic rings. The largest absolute Gasteiger partial charge is 0.496 e. The van der Waals surface area contributed by atoms with Gasteiger partial charge in [-0.05, 0) is 18.1 Å². The number of ether oxygens (including phenoxy) is 1. The van der Waals surface area contributed by atoms with Crippen LogP contribution in [0.25, 0.3) is 0 Å². The van der Waals surface area contributed by atoms with Crippen LogP contribution < -0.4 is 4.74 Å². The second kappa shape index (κ2) is 5.21. The molecule has 0 radical (unpaired) electrons. The van der Waals surface area contributed by atoms with Crippen LogP contribution >= 0.6 is 0 Å². The van der Waals surface area contributed by atoms with Gasteiger partial charge in [0.1, 0.15) is 12.9 Å². The molecule has 0 amide bonds. The summed E-state index contributed by atoms with van der Waals surface area (Å²) in [6.07, 6.45) is 2.53. The molecule has 0 saturated carbocycles. The Morgan fingerprint density at radius 2 is 2.11 bits per heavy atom. The molecule has 0 fully saturated rings. The zero-order valence-corrected chi connectivity index (χ0v) is 11.2. The lowest BCUT2D eigenvalue weighted by Crippen LogP contribution is -2.07. The second-order valence-electron chi connectivity index (χ2n) is 4.57. The van der Waals surface area contributed by atoms with E-state index < -0.39 is 0 Å². The zero-order chi connectivity index (χ0) is 13.1. The number of nitrogens with zero attached hydrogens (tertiary/aromatic N) is 2. The van der Waals surface area contributed by atoms with E-state index in [-0.39, 0.29) is 0 Å². The van der Waals surface area contributed by atoms with Gasteiger partial charge in [-0.25, -0.2) is 0 Å². The van der Waals surface area contributed by atoms with Crippen LogP contribution in [0.4, 0.5) is 5.69 Å². The third-order valence-corrected chi connectivity index (χ3v) is 3.02. The molecule has 2 rings (SSSR count). The highest BCUT2D eigenvalue weighted by Crippen LogP contribution is 2.36. The predicted molar refractivity (Wildman–Crippen MR) is 73.2 cm³/mol. The third kappa shape index (κ3) is 2.37. The summed E-state index contributed by atoms with van der Waals surface area (Å²) in [5, 5.41) is 3.77. The Bertz CT molecular complexity index is 505. The van der Waals surface area contributed by atoms with Crippen molar-refractivity contribution < 1.29 is 9.57 Å². The van der Waals surface area contributed by atoms with Crippen molar-refractivity contribution in [2.75, 3.05) is 14.2 Å². The second-order valence-corrected chi connectivity index (χ2v) is 4.57. The monoisotopic (exact) mass is 246 g/mol. The van der Waals surface area contributed by atoms with Crippen LogP contribution in [0.3, 0.4) is 0 Å². The Hall–Kier alpha value is -1.84. The molecule has 96 valence electrons. The summed E-state index contributed by atoms with van der Waals surface area (Å²) in [7, 11) is 3.20. The van der Waals surface area contributed by atoms with Gasteiger partial charge in [0.05, 0.1) is 19.0 Å². The first-order chi connectivity index (χ1) is 8.65. The van der Waals surface area contributed by atoms with Crippen molar-refractivity contribution in [2.24, 2.45) is 16.1 Å². The van der Waals surface area contributed by atoms with Gasteiger partial charge in [0, 0.05) is 23.3 Å². The van der Waals surface area contributed by atoms with Crippen LogP contribution in [-0.2, 0) is 11.3 Å². The van der Waals surface area contributed by atoms with Crippen LogP contribution in [0.1, 0.15) is 25.0 Å². The van der Waals surface area contributed by atoms with Crippen molar-refractivity contribution in [3.8, 4) is 5.75 Å². The van der Waals surface area contributed by atoms with Gasteiger partial charge >= 0.3 is 0 Å². The van der Waals surface area contributed by atoms with Crippen molar-refractivity contribution in [2.45, 2.75) is 20.3 Å². The number of methoxy groups -OCH3 is 1. The minimum atomic E-state index is 0.457. The summed E-state index contributed by atoms with van der Waals surface area (Å²) in [5.41, 5.74) is 4.27. The fraction of sp³-hybridized carbons (Fsp3) is 0.429. The molecule has 0 N–H and O–H groups in total. The van der Waals surface area contributed by atoms with Gasteiger partial charge in [-0.2, -0.15) is 0 Å². The maximum Gasteiger partial charge on any atom is 0.125 e. The molecule has 0 spiro atoms. The number of oxime groups is 1. The Morgan fingerprint density at radius 1 is 1.33 bits per heavy atom. The summed E-state index contributed by atoms with van der Waals surface area (Å²) < 4.78 is 5.43. The maximum absolute atomic E-state index is 5.43. The van der Waals surface area contributed by atoms with E-state index in [2.05, 4.69) is 24.0 Å². The third-order valence-electron chi connectivity index (χ3n) is 3.02. The highest BCUT2D eigenvalue weighted by atomic mass is 16.6. The van der Waals surface area contributed by atoms with E-state index >= 15 is 0 Å². The van der Waals surface area contributed by atoms with Crippen LogP contribution in [0, 0.1) is 5.92 Å². The Kier molecular flexibility index (Phi) is 3.65. The molecule has 0 atom stereocenters. The number of fused-ring (bicyclic) bond motifs is 1. The van der Waals surface area contributed by atoms with Gasteiger partial charge in [-0.3, -0.25) is 4.99 Å². The molecule has 18 heavy (non-hydrogen) atoms. The SMILES string of the molecule is CON=Cc1cc2c(c(OC)c1)CC(C(C)C)=N2. The highest BCUT2D eigenvalue weighted by molar-refractivity contribution is 5.97. The Morgan fingerprint density at radius 3 is 2.72 bits per heavy atom. The maximum atomic E-state index is 5.43. The average molecular weight is 246 g/mol. The number of aliphatic imine (C=N–C) groups is 1. The van der Waals surface area contributed by atoms with Crippen LogP contribution in [0.5, 0.6) is 5.75 Å². The lowest BCUT2D eigenvalue weighted by Gasteiger charge is -2.08. The van der Waals surface area contributed by atoms with Gasteiger partial charge in [0.25, 0.3) is 0 Å². The smallest absolute Gasteiger partial charge is 0.125 e. The van der Waals surface area contributed by atoms with E-state index in [1.807, 2.05) is 12.1 Å². The molecular weight excluding hydrogens is 228 g/mol. The molecule has 4 heteroatoms. The van der Waals surface area contributed by atoms with Gasteiger partial charge < -0.3 is 9.57 Å². The highest BCUT2D eigenvalue weighted by Gasteiger charge is 2.21. The Balaban J connectivity index is 2.41. The van der Waals surface area contributed by atoms with Crippen molar-refractivity contribution in [1.82, 2.24) is 0 Å². The zero-order valence-electron chi connectivity index (χ0n) is 11.2. The van der Waals surface area contributed by atoms with Crippen molar-refractivity contribution in [3.05, 3.63) is 23.3 Å². The van der Waals surface area contributed by atoms with Gasteiger partial charge in [0.15, 0.2) is 0 Å². The number of benzene rings is 1. The summed E-state index contributed by atoms with van der Waals surface area (Å²) in [5.74, 6) is 1.32. The molecule has 0 bridgehead atoms. The van der Waals surface area contributed by atoms with Crippen LogP contribution in [0.15, 0.2) is 22.3 Å². The lowest BCUT2D eigenvalue weighted by molar-refractivity contribution is 0.215. The van der Waals surface area contributed by atoms with E-state index in [9.17, 15) is 0 Å². The molecular formula is C14H18N2O2. The first kappa shape index (κ1) is 12.6. The summed E-state index contributed by atoms with van der Waals surface area (Å²) >= 11 is 0. The van der Waals surface area contributed by atoms with Crippen molar-refractivity contribution in [3.63, 3.8) is 0 Å². The summed E-state index contributed by atoms with van der Waals surface area (Å²) in [4.78, 5) is 9.35. The van der Waals surface area contributed by atoms with Gasteiger partial charge in [-0.15, -0.1) is 0 Å². The summed E-state index contributed by atoms with van der Waals surface area (Å²) in [6.45, 7) is 4.31. The normalized spacial score (nSPS) is 13.9.